The van der Waals surface area contributed by atoms with Crippen molar-refractivity contribution in [2.24, 2.45) is 5.10 Å². The van der Waals surface area contributed by atoms with Crippen molar-refractivity contribution in [2.45, 2.75) is 19.0 Å². The van der Waals surface area contributed by atoms with Crippen LogP contribution in [0, 0.1) is 5.41 Å². The number of hydrogen-bond acceptors (Lipinski definition) is 7. The van der Waals surface area contributed by atoms with Crippen molar-refractivity contribution in [3.05, 3.63) is 62.5 Å². The summed E-state index contributed by atoms with van der Waals surface area (Å²) in [6.07, 6.45) is 2.36. The number of benzene rings is 1. The van der Waals surface area contributed by atoms with Crippen molar-refractivity contribution >= 4 is 34.3 Å². The highest BCUT2D eigenvalue weighted by atomic mass is 32.1. The minimum atomic E-state index is -0.243. The Labute approximate surface area is 176 Å². The van der Waals surface area contributed by atoms with Gasteiger partial charge in [0.2, 0.25) is 0 Å². The van der Waals surface area contributed by atoms with E-state index in [2.05, 4.69) is 5.10 Å². The molecule has 7 nitrogen and oxygen atoms in total. The summed E-state index contributed by atoms with van der Waals surface area (Å²) >= 11 is 2.89. The molecule has 0 saturated carbocycles. The second-order valence-electron chi connectivity index (χ2n) is 6.43. The topological polar surface area (TPSA) is 79.9 Å². The molecule has 1 aromatic carbocycles. The number of carbonyl (C=O) groups excluding carboxylic acids is 1. The number of carbonyl (C=O) groups is 1. The number of thiophene rings is 1. The highest BCUT2D eigenvalue weighted by Crippen LogP contribution is 2.37. The number of methoxy groups -OCH3 is 2. The Hall–Kier alpha value is -2.91. The second-order valence-corrected chi connectivity index (χ2v) is 8.27. The third-order valence-corrected chi connectivity index (χ3v) is 6.39. The van der Waals surface area contributed by atoms with E-state index in [1.54, 1.807) is 46.7 Å². The molecule has 1 amide bonds. The molecule has 3 aromatic rings. The van der Waals surface area contributed by atoms with Gasteiger partial charge in [-0.05, 0) is 29.1 Å². The van der Waals surface area contributed by atoms with Crippen LogP contribution in [0.5, 0.6) is 11.5 Å². The number of ether oxygens (including phenoxy) is 2. The van der Waals surface area contributed by atoms with Gasteiger partial charge in [0.05, 0.1) is 30.9 Å². The van der Waals surface area contributed by atoms with E-state index in [-0.39, 0.29) is 18.5 Å². The third-order valence-electron chi connectivity index (χ3n) is 4.75. The second kappa shape index (κ2) is 8.22. The van der Waals surface area contributed by atoms with E-state index >= 15 is 0 Å². The zero-order valence-corrected chi connectivity index (χ0v) is 17.6. The molecule has 1 aliphatic rings. The number of hydrogen-bond donors (Lipinski definition) is 1. The van der Waals surface area contributed by atoms with Gasteiger partial charge in [-0.25, -0.2) is 5.01 Å². The van der Waals surface area contributed by atoms with E-state index in [4.69, 9.17) is 14.9 Å². The van der Waals surface area contributed by atoms with Crippen LogP contribution in [0.25, 0.3) is 0 Å². The van der Waals surface area contributed by atoms with E-state index in [0.717, 1.165) is 16.2 Å². The maximum Gasteiger partial charge on any atom is 0.263 e. The summed E-state index contributed by atoms with van der Waals surface area (Å²) in [5, 5.41) is 17.9. The molecule has 9 heteroatoms. The number of amides is 1. The molecule has 29 heavy (non-hydrogen) atoms. The lowest BCUT2D eigenvalue weighted by Gasteiger charge is -2.23. The van der Waals surface area contributed by atoms with Crippen LogP contribution in [0.15, 0.2) is 52.4 Å². The van der Waals surface area contributed by atoms with Gasteiger partial charge < -0.3 is 14.0 Å². The first-order valence-electron chi connectivity index (χ1n) is 8.94. The summed E-state index contributed by atoms with van der Waals surface area (Å²) < 4.78 is 12.4. The third kappa shape index (κ3) is 3.83. The first-order chi connectivity index (χ1) is 14.1. The van der Waals surface area contributed by atoms with Crippen LogP contribution in [0.2, 0.25) is 0 Å². The van der Waals surface area contributed by atoms with Crippen molar-refractivity contribution < 1.29 is 14.3 Å². The van der Waals surface area contributed by atoms with E-state index in [0.29, 0.717) is 22.7 Å². The van der Waals surface area contributed by atoms with Crippen LogP contribution in [-0.4, -0.2) is 35.4 Å². The number of nitrogens with one attached hydrogen (secondary N) is 1. The summed E-state index contributed by atoms with van der Waals surface area (Å²) in [7, 11) is 3.19. The standard InChI is InChI=1S/C20H20N4O3S2/c1-26-16-6-5-13(10-17(16)27-2)15-11-14(18-4-3-8-28-18)22-24(15)19(25)12-23-7-9-29-20(23)21/h3-10,15,21H,11-12H2,1-2H3/t15-/m1/s1. The zero-order valence-electron chi connectivity index (χ0n) is 16.0. The minimum absolute atomic E-state index is 0.0767. The van der Waals surface area contributed by atoms with Gasteiger partial charge in [0.1, 0.15) is 6.54 Å². The van der Waals surface area contributed by atoms with E-state index in [9.17, 15) is 4.79 Å². The Morgan fingerprint density at radius 2 is 2.03 bits per heavy atom. The number of nitrogens with zero attached hydrogens (tertiary/aromatic N) is 3. The number of aromatic nitrogens is 1. The van der Waals surface area contributed by atoms with Crippen molar-refractivity contribution in [2.75, 3.05) is 14.2 Å². The molecule has 1 aliphatic heterocycles. The zero-order chi connectivity index (χ0) is 20.4. The van der Waals surface area contributed by atoms with Gasteiger partial charge in [-0.2, -0.15) is 5.10 Å². The average molecular weight is 429 g/mol. The quantitative estimate of drug-likeness (QED) is 0.653. The van der Waals surface area contributed by atoms with Crippen LogP contribution in [-0.2, 0) is 11.3 Å². The van der Waals surface area contributed by atoms with Crippen LogP contribution in [0.3, 0.4) is 0 Å². The summed E-state index contributed by atoms with van der Waals surface area (Å²) in [6.45, 7) is 0.0767. The van der Waals surface area contributed by atoms with E-state index in [1.807, 2.05) is 35.7 Å². The molecule has 4 rings (SSSR count). The lowest BCUT2D eigenvalue weighted by atomic mass is 10.0. The van der Waals surface area contributed by atoms with Crippen LogP contribution in [0.1, 0.15) is 22.9 Å². The lowest BCUT2D eigenvalue weighted by molar-refractivity contribution is -0.133. The Balaban J connectivity index is 1.68. The first kappa shape index (κ1) is 19.4. The molecule has 0 aliphatic carbocycles. The largest absolute Gasteiger partial charge is 0.493 e. The maximum absolute atomic E-state index is 13.1. The van der Waals surface area contributed by atoms with E-state index < -0.39 is 0 Å². The molecule has 150 valence electrons. The average Bonchev–Trinajstić information content (AvgIpc) is 3.48. The summed E-state index contributed by atoms with van der Waals surface area (Å²) in [4.78, 5) is 14.5. The molecule has 0 bridgehead atoms. The lowest BCUT2D eigenvalue weighted by Crippen LogP contribution is -2.32. The fraction of sp³-hybridized carbons (Fsp3) is 0.250. The molecule has 1 N–H and O–H groups in total. The molecule has 0 radical (unpaired) electrons. The summed E-state index contributed by atoms with van der Waals surface area (Å²) in [6, 6.07) is 9.42. The molecule has 3 heterocycles. The molecule has 0 fully saturated rings. The van der Waals surface area contributed by atoms with Gasteiger partial charge in [-0.1, -0.05) is 12.1 Å². The fourth-order valence-corrected chi connectivity index (χ4v) is 4.62. The molecular weight excluding hydrogens is 408 g/mol. The minimum Gasteiger partial charge on any atom is -0.493 e. The van der Waals surface area contributed by atoms with Crippen molar-refractivity contribution in [1.29, 1.82) is 5.41 Å². The molecule has 1 atom stereocenters. The predicted molar refractivity (Wildman–Crippen MR) is 113 cm³/mol. The SMILES string of the molecule is COc1ccc([C@H]2CC(c3cccs3)=NN2C(=O)Cn2ccsc2=N)cc1OC. The van der Waals surface area contributed by atoms with Gasteiger partial charge in [0.15, 0.2) is 16.3 Å². The van der Waals surface area contributed by atoms with Crippen LogP contribution in [0.4, 0.5) is 0 Å². The Morgan fingerprint density at radius 1 is 1.21 bits per heavy atom. The Morgan fingerprint density at radius 3 is 2.69 bits per heavy atom. The Kier molecular flexibility index (Phi) is 5.50. The first-order valence-corrected chi connectivity index (χ1v) is 10.7. The van der Waals surface area contributed by atoms with Crippen LogP contribution >= 0.6 is 22.7 Å². The molecular formula is C20H20N4O3S2. The summed E-state index contributed by atoms with van der Waals surface area (Å²) in [5.41, 5.74) is 1.81. The summed E-state index contributed by atoms with van der Waals surface area (Å²) in [5.74, 6) is 1.09. The van der Waals surface area contributed by atoms with Gasteiger partial charge in [-0.3, -0.25) is 10.2 Å². The highest BCUT2D eigenvalue weighted by molar-refractivity contribution is 7.12. The highest BCUT2D eigenvalue weighted by Gasteiger charge is 2.34. The van der Waals surface area contributed by atoms with Crippen molar-refractivity contribution in [3.8, 4) is 11.5 Å². The van der Waals surface area contributed by atoms with Crippen molar-refractivity contribution in [3.63, 3.8) is 0 Å². The predicted octanol–water partition coefficient (Wildman–Crippen LogP) is 3.49. The normalized spacial score (nSPS) is 16.0. The maximum atomic E-state index is 13.1. The van der Waals surface area contributed by atoms with Crippen LogP contribution < -0.4 is 14.3 Å². The number of thiazole rings is 1. The van der Waals surface area contributed by atoms with E-state index in [1.165, 1.54) is 11.3 Å². The van der Waals surface area contributed by atoms with Gasteiger partial charge in [-0.15, -0.1) is 22.7 Å². The fourth-order valence-electron chi connectivity index (χ4n) is 3.30. The number of hydrazone groups is 1. The molecule has 0 unspecified atom stereocenters. The smallest absolute Gasteiger partial charge is 0.263 e. The van der Waals surface area contributed by atoms with Gasteiger partial charge in [0, 0.05) is 18.0 Å². The molecule has 0 saturated heterocycles. The van der Waals surface area contributed by atoms with Gasteiger partial charge in [0.25, 0.3) is 5.91 Å². The Bertz CT molecular complexity index is 1100. The number of rotatable bonds is 6. The monoisotopic (exact) mass is 428 g/mol. The van der Waals surface area contributed by atoms with Gasteiger partial charge >= 0.3 is 0 Å². The molecule has 0 spiro atoms. The molecule has 2 aromatic heterocycles. The van der Waals surface area contributed by atoms with Crippen molar-refractivity contribution in [1.82, 2.24) is 9.58 Å².